The highest BCUT2D eigenvalue weighted by Crippen LogP contribution is 2.26. The molecule has 1 saturated heterocycles. The summed E-state index contributed by atoms with van der Waals surface area (Å²) in [6.45, 7) is 1.44. The number of benzene rings is 3. The Morgan fingerprint density at radius 2 is 1.86 bits per heavy atom. The number of ether oxygens (including phenoxy) is 1. The first kappa shape index (κ1) is 25.3. The highest BCUT2D eigenvalue weighted by atomic mass is 79.9. The van der Waals surface area contributed by atoms with Crippen LogP contribution in [-0.4, -0.2) is 44.7 Å². The zero-order chi connectivity index (χ0) is 24.8. The minimum atomic E-state index is -3.98. The lowest BCUT2D eigenvalue weighted by Crippen LogP contribution is -2.39. The molecular formula is C25H24BrN3O4S2. The van der Waals surface area contributed by atoms with Crippen molar-refractivity contribution in [1.29, 1.82) is 0 Å². The van der Waals surface area contributed by atoms with Crippen LogP contribution in [0.2, 0.25) is 0 Å². The van der Waals surface area contributed by atoms with Crippen molar-refractivity contribution in [2.75, 3.05) is 22.4 Å². The predicted molar refractivity (Wildman–Crippen MR) is 144 cm³/mol. The fraction of sp³-hybridized carbons (Fsp3) is 0.200. The van der Waals surface area contributed by atoms with Crippen LogP contribution in [0.3, 0.4) is 0 Å². The molecule has 1 amide bonds. The van der Waals surface area contributed by atoms with Crippen LogP contribution in [0.4, 0.5) is 5.69 Å². The molecule has 0 radical (unpaired) electrons. The number of thioether (sulfide) groups is 1. The minimum absolute atomic E-state index is 0.101. The van der Waals surface area contributed by atoms with E-state index >= 15 is 0 Å². The largest absolute Gasteiger partial charge is 0.489 e. The standard InChI is InChI=1S/C25H24BrN3O4S2/c1-18-5-11-24(12-6-18)35(31,32)29(21-9-7-20(26)8-10-21)15-25(30)28-27-14-19-3-2-4-22(13-19)33-23-16-34-17-23/h2-14,23H,15-17H2,1H3,(H,28,30)/b27-14-. The van der Waals surface area contributed by atoms with E-state index in [-0.39, 0.29) is 11.0 Å². The van der Waals surface area contributed by atoms with Crippen LogP contribution >= 0.6 is 27.7 Å². The molecule has 0 aliphatic carbocycles. The van der Waals surface area contributed by atoms with Crippen molar-refractivity contribution in [3.63, 3.8) is 0 Å². The molecule has 0 bridgehead atoms. The van der Waals surface area contributed by atoms with Crippen LogP contribution in [0.15, 0.2) is 87.3 Å². The Hall–Kier alpha value is -2.82. The summed E-state index contributed by atoms with van der Waals surface area (Å²) in [6, 6.07) is 20.6. The van der Waals surface area contributed by atoms with Gasteiger partial charge in [-0.1, -0.05) is 45.8 Å². The maximum absolute atomic E-state index is 13.4. The molecule has 1 fully saturated rings. The van der Waals surface area contributed by atoms with Crippen molar-refractivity contribution < 1.29 is 17.9 Å². The number of hydrogen-bond acceptors (Lipinski definition) is 6. The van der Waals surface area contributed by atoms with Gasteiger partial charge in [-0.2, -0.15) is 16.9 Å². The van der Waals surface area contributed by atoms with Crippen LogP contribution in [0.5, 0.6) is 5.75 Å². The number of hydrazone groups is 1. The van der Waals surface area contributed by atoms with Crippen LogP contribution in [-0.2, 0) is 14.8 Å². The Kier molecular flexibility index (Phi) is 8.15. The van der Waals surface area contributed by atoms with Gasteiger partial charge in [0.05, 0.1) is 16.8 Å². The maximum Gasteiger partial charge on any atom is 0.264 e. The molecule has 0 atom stereocenters. The molecule has 182 valence electrons. The zero-order valence-electron chi connectivity index (χ0n) is 18.9. The van der Waals surface area contributed by atoms with Crippen LogP contribution in [0, 0.1) is 6.92 Å². The number of sulfonamides is 1. The second-order valence-corrected chi connectivity index (χ2v) is 11.8. The number of anilines is 1. The molecule has 10 heteroatoms. The van der Waals surface area contributed by atoms with Gasteiger partial charge < -0.3 is 4.74 Å². The van der Waals surface area contributed by atoms with E-state index in [0.29, 0.717) is 5.69 Å². The van der Waals surface area contributed by atoms with Crippen LogP contribution < -0.4 is 14.5 Å². The lowest BCUT2D eigenvalue weighted by Gasteiger charge is -2.25. The van der Waals surface area contributed by atoms with E-state index < -0.39 is 22.5 Å². The normalized spacial score (nSPS) is 13.9. The summed E-state index contributed by atoms with van der Waals surface area (Å²) in [7, 11) is -3.98. The van der Waals surface area contributed by atoms with Crippen LogP contribution in [0.25, 0.3) is 0 Å². The molecule has 0 spiro atoms. The molecule has 3 aromatic carbocycles. The van der Waals surface area contributed by atoms with E-state index in [1.807, 2.05) is 43.0 Å². The van der Waals surface area contributed by atoms with Gasteiger partial charge in [-0.05, 0) is 61.0 Å². The quantitative estimate of drug-likeness (QED) is 0.298. The topological polar surface area (TPSA) is 88.1 Å². The van der Waals surface area contributed by atoms with Crippen molar-refractivity contribution >= 4 is 55.5 Å². The average molecular weight is 575 g/mol. The minimum Gasteiger partial charge on any atom is -0.489 e. The second kappa shape index (κ2) is 11.3. The van der Waals surface area contributed by atoms with E-state index in [4.69, 9.17) is 4.74 Å². The number of amides is 1. The molecule has 1 N–H and O–H groups in total. The summed E-state index contributed by atoms with van der Waals surface area (Å²) in [4.78, 5) is 12.8. The number of rotatable bonds is 9. The van der Waals surface area contributed by atoms with Crippen molar-refractivity contribution in [3.05, 3.63) is 88.4 Å². The molecule has 35 heavy (non-hydrogen) atoms. The Morgan fingerprint density at radius 3 is 2.51 bits per heavy atom. The summed E-state index contributed by atoms with van der Waals surface area (Å²) < 4.78 is 34.5. The van der Waals surface area contributed by atoms with Gasteiger partial charge >= 0.3 is 0 Å². The number of aryl methyl sites for hydroxylation is 1. The zero-order valence-corrected chi connectivity index (χ0v) is 22.1. The number of halogens is 1. The van der Waals surface area contributed by atoms with Gasteiger partial charge in [0.1, 0.15) is 18.4 Å². The highest BCUT2D eigenvalue weighted by molar-refractivity contribution is 9.10. The van der Waals surface area contributed by atoms with Gasteiger partial charge in [0, 0.05) is 16.0 Å². The summed E-state index contributed by atoms with van der Waals surface area (Å²) in [6.07, 6.45) is 1.73. The fourth-order valence-electron chi connectivity index (χ4n) is 3.25. The van der Waals surface area contributed by atoms with Gasteiger partial charge in [-0.3, -0.25) is 9.10 Å². The lowest BCUT2D eigenvalue weighted by molar-refractivity contribution is -0.119. The second-order valence-electron chi connectivity index (χ2n) is 7.94. The third-order valence-electron chi connectivity index (χ3n) is 5.18. The molecule has 3 aromatic rings. The first-order valence-electron chi connectivity index (χ1n) is 10.8. The number of carbonyl (C=O) groups is 1. The summed E-state index contributed by atoms with van der Waals surface area (Å²) in [5, 5.41) is 4.01. The van der Waals surface area contributed by atoms with Gasteiger partial charge in [0.15, 0.2) is 0 Å². The van der Waals surface area contributed by atoms with Crippen molar-refractivity contribution in [1.82, 2.24) is 5.43 Å². The SMILES string of the molecule is Cc1ccc(S(=O)(=O)N(CC(=O)N/N=C\c2cccc(OC3CSC3)c2)c2ccc(Br)cc2)cc1. The third-order valence-corrected chi connectivity index (χ3v) is 8.71. The van der Waals surface area contributed by atoms with Gasteiger partial charge in [-0.25, -0.2) is 13.8 Å². The molecule has 0 saturated carbocycles. The predicted octanol–water partition coefficient (Wildman–Crippen LogP) is 4.60. The molecule has 1 aliphatic rings. The van der Waals surface area contributed by atoms with Gasteiger partial charge in [0.25, 0.3) is 15.9 Å². The van der Waals surface area contributed by atoms with Crippen LogP contribution in [0.1, 0.15) is 11.1 Å². The Labute approximate surface area is 217 Å². The smallest absolute Gasteiger partial charge is 0.264 e. The third kappa shape index (κ3) is 6.65. The molecule has 0 unspecified atom stereocenters. The van der Waals surface area contributed by atoms with Crippen molar-refractivity contribution in [2.45, 2.75) is 17.9 Å². The fourth-order valence-corrected chi connectivity index (χ4v) is 5.50. The summed E-state index contributed by atoms with van der Waals surface area (Å²) in [5.74, 6) is 2.14. The van der Waals surface area contributed by atoms with Gasteiger partial charge in [0.2, 0.25) is 0 Å². The number of hydrogen-bond donors (Lipinski definition) is 1. The number of carbonyl (C=O) groups excluding carboxylic acids is 1. The van der Waals surface area contributed by atoms with E-state index in [1.165, 1.54) is 18.3 Å². The Morgan fingerprint density at radius 1 is 1.14 bits per heavy atom. The number of nitrogens with one attached hydrogen (secondary N) is 1. The first-order valence-corrected chi connectivity index (χ1v) is 14.2. The molecule has 7 nitrogen and oxygen atoms in total. The highest BCUT2D eigenvalue weighted by Gasteiger charge is 2.27. The number of nitrogens with zero attached hydrogens (tertiary/aromatic N) is 2. The lowest BCUT2D eigenvalue weighted by atomic mass is 10.2. The summed E-state index contributed by atoms with van der Waals surface area (Å²) >= 11 is 5.20. The van der Waals surface area contributed by atoms with E-state index in [1.54, 1.807) is 36.4 Å². The molecule has 1 heterocycles. The van der Waals surface area contributed by atoms with E-state index in [2.05, 4.69) is 26.5 Å². The Bertz CT molecular complexity index is 1310. The van der Waals surface area contributed by atoms with Crippen molar-refractivity contribution in [2.24, 2.45) is 5.10 Å². The Balaban J connectivity index is 1.48. The summed E-state index contributed by atoms with van der Waals surface area (Å²) in [5.41, 5.74) is 4.49. The molecular weight excluding hydrogens is 550 g/mol. The van der Waals surface area contributed by atoms with E-state index in [0.717, 1.165) is 37.2 Å². The maximum atomic E-state index is 13.4. The molecule has 0 aromatic heterocycles. The molecule has 4 rings (SSSR count). The average Bonchev–Trinajstić information content (AvgIpc) is 2.81. The molecule has 1 aliphatic heterocycles. The van der Waals surface area contributed by atoms with E-state index in [9.17, 15) is 13.2 Å². The van der Waals surface area contributed by atoms with Gasteiger partial charge in [-0.15, -0.1) is 0 Å². The first-order chi connectivity index (χ1) is 16.8. The monoisotopic (exact) mass is 573 g/mol. The van der Waals surface area contributed by atoms with Crippen molar-refractivity contribution in [3.8, 4) is 5.75 Å².